The Bertz CT molecular complexity index is 182. The lowest BCUT2D eigenvalue weighted by atomic mass is 9.60. The summed E-state index contributed by atoms with van der Waals surface area (Å²) in [6.45, 7) is 0.719. The average Bonchev–Trinajstić information content (AvgIpc) is 2.43. The van der Waals surface area contributed by atoms with Crippen LogP contribution in [-0.2, 0) is 0 Å². The van der Waals surface area contributed by atoms with E-state index < -0.39 is 0 Å². The first-order valence-electron chi connectivity index (χ1n) is 7.53. The van der Waals surface area contributed by atoms with Gasteiger partial charge < -0.3 is 15.3 Å². The van der Waals surface area contributed by atoms with Crippen molar-refractivity contribution in [3.05, 3.63) is 0 Å². The van der Waals surface area contributed by atoms with E-state index in [-0.39, 0.29) is 0 Å². The predicted molar refractivity (Wildman–Crippen MR) is 73.2 cm³/mol. The Morgan fingerprint density at radius 2 is 1.11 bits per heavy atom. The number of aliphatic hydroxyl groups is 3. The first-order valence-corrected chi connectivity index (χ1v) is 7.53. The van der Waals surface area contributed by atoms with Crippen LogP contribution in [0.5, 0.6) is 0 Å². The van der Waals surface area contributed by atoms with Gasteiger partial charge in [0.2, 0.25) is 0 Å². The molecule has 4 unspecified atom stereocenters. The number of aliphatic hydroxyl groups excluding tert-OH is 3. The maximum atomic E-state index is 9.14. The second kappa shape index (κ2) is 8.89. The normalized spacial score (nSPS) is 35.3. The second-order valence-electron chi connectivity index (χ2n) is 5.73. The molecule has 3 N–H and O–H groups in total. The number of hydrogen-bond donors (Lipinski definition) is 3. The first-order chi connectivity index (χ1) is 8.86. The van der Waals surface area contributed by atoms with Gasteiger partial charge in [-0.15, -0.1) is 0 Å². The lowest BCUT2D eigenvalue weighted by molar-refractivity contribution is 0.0318. The molecule has 2 fully saturated rings. The molecule has 0 radical (unpaired) electrons. The molecule has 0 spiro atoms. The van der Waals surface area contributed by atoms with Gasteiger partial charge in [-0.1, -0.05) is 25.7 Å². The minimum absolute atomic E-state index is 0.360. The van der Waals surface area contributed by atoms with Crippen molar-refractivity contribution in [2.45, 2.75) is 51.4 Å². The van der Waals surface area contributed by atoms with E-state index in [0.29, 0.717) is 13.2 Å². The predicted octanol–water partition coefficient (Wildman–Crippen LogP) is 2.19. The molecular formula is C15H30O3. The van der Waals surface area contributed by atoms with Gasteiger partial charge in [0.1, 0.15) is 0 Å². The van der Waals surface area contributed by atoms with Crippen molar-refractivity contribution < 1.29 is 15.3 Å². The lowest BCUT2D eigenvalue weighted by Gasteiger charge is -2.45. The van der Waals surface area contributed by atoms with E-state index in [1.807, 2.05) is 0 Å². The van der Waals surface area contributed by atoms with Crippen molar-refractivity contribution in [3.63, 3.8) is 0 Å². The first kappa shape index (κ1) is 15.9. The van der Waals surface area contributed by atoms with Crippen LogP contribution in [0.2, 0.25) is 0 Å². The fourth-order valence-electron chi connectivity index (χ4n) is 4.31. The highest BCUT2D eigenvalue weighted by Gasteiger charge is 2.39. The summed E-state index contributed by atoms with van der Waals surface area (Å²) in [5.41, 5.74) is 0. The lowest BCUT2D eigenvalue weighted by Crippen LogP contribution is -2.37. The molecule has 18 heavy (non-hydrogen) atoms. The SMILES string of the molecule is CO.OCCC1CCCC2C(CCO)CCCC12. The van der Waals surface area contributed by atoms with Crippen LogP contribution in [0.3, 0.4) is 0 Å². The molecule has 3 nitrogen and oxygen atoms in total. The van der Waals surface area contributed by atoms with Crippen molar-refractivity contribution in [2.24, 2.45) is 23.7 Å². The number of hydrogen-bond acceptors (Lipinski definition) is 3. The largest absolute Gasteiger partial charge is 0.400 e. The highest BCUT2D eigenvalue weighted by Crippen LogP contribution is 2.48. The van der Waals surface area contributed by atoms with Crippen molar-refractivity contribution in [1.29, 1.82) is 0 Å². The third-order valence-electron chi connectivity index (χ3n) is 4.99. The van der Waals surface area contributed by atoms with E-state index in [4.69, 9.17) is 15.3 Å². The number of fused-ring (bicyclic) bond motifs is 1. The molecule has 0 aliphatic heterocycles. The molecule has 0 aromatic carbocycles. The van der Waals surface area contributed by atoms with Gasteiger partial charge in [-0.3, -0.25) is 0 Å². The Morgan fingerprint density at radius 1 is 0.722 bits per heavy atom. The van der Waals surface area contributed by atoms with Crippen LogP contribution in [0.25, 0.3) is 0 Å². The van der Waals surface area contributed by atoms with Crippen LogP contribution in [0, 0.1) is 23.7 Å². The zero-order valence-electron chi connectivity index (χ0n) is 11.7. The molecule has 0 amide bonds. The summed E-state index contributed by atoms with van der Waals surface area (Å²) in [7, 11) is 1.00. The topological polar surface area (TPSA) is 60.7 Å². The number of rotatable bonds is 4. The Kier molecular flexibility index (Phi) is 7.87. The van der Waals surface area contributed by atoms with Gasteiger partial charge in [0, 0.05) is 20.3 Å². The fourth-order valence-corrected chi connectivity index (χ4v) is 4.31. The Labute approximate surface area is 111 Å². The van der Waals surface area contributed by atoms with Crippen LogP contribution in [0.4, 0.5) is 0 Å². The van der Waals surface area contributed by atoms with Gasteiger partial charge >= 0.3 is 0 Å². The van der Waals surface area contributed by atoms with Gasteiger partial charge in [-0.2, -0.15) is 0 Å². The molecule has 2 aliphatic carbocycles. The van der Waals surface area contributed by atoms with Crippen LogP contribution < -0.4 is 0 Å². The van der Waals surface area contributed by atoms with Crippen molar-refractivity contribution in [3.8, 4) is 0 Å². The molecule has 2 saturated carbocycles. The van der Waals surface area contributed by atoms with Crippen molar-refractivity contribution in [2.75, 3.05) is 20.3 Å². The Balaban J connectivity index is 0.000000771. The van der Waals surface area contributed by atoms with Crippen LogP contribution in [-0.4, -0.2) is 35.6 Å². The van der Waals surface area contributed by atoms with E-state index in [1.165, 1.54) is 38.5 Å². The van der Waals surface area contributed by atoms with Gasteiger partial charge in [-0.05, 0) is 49.4 Å². The standard InChI is InChI=1S/C14H26O2.CH4O/c15-9-7-11-3-1-5-13-12(8-10-16)4-2-6-14(11)13;1-2/h11-16H,1-10H2;2H,1H3. The van der Waals surface area contributed by atoms with Gasteiger partial charge in [0.25, 0.3) is 0 Å². The van der Waals surface area contributed by atoms with Crippen LogP contribution in [0.1, 0.15) is 51.4 Å². The summed E-state index contributed by atoms with van der Waals surface area (Å²) < 4.78 is 0. The molecule has 108 valence electrons. The second-order valence-corrected chi connectivity index (χ2v) is 5.73. The summed E-state index contributed by atoms with van der Waals surface area (Å²) in [6.07, 6.45) is 10.1. The maximum Gasteiger partial charge on any atom is 0.0433 e. The minimum atomic E-state index is 0.360. The van der Waals surface area contributed by atoms with Gasteiger partial charge in [0.15, 0.2) is 0 Å². The smallest absolute Gasteiger partial charge is 0.0433 e. The van der Waals surface area contributed by atoms with E-state index in [1.54, 1.807) is 0 Å². The summed E-state index contributed by atoms with van der Waals surface area (Å²) >= 11 is 0. The van der Waals surface area contributed by atoms with Crippen molar-refractivity contribution >= 4 is 0 Å². The molecule has 3 heteroatoms. The summed E-state index contributed by atoms with van der Waals surface area (Å²) in [4.78, 5) is 0. The quantitative estimate of drug-likeness (QED) is 0.724. The average molecular weight is 258 g/mol. The fraction of sp³-hybridized carbons (Fsp3) is 1.00. The molecular weight excluding hydrogens is 228 g/mol. The third-order valence-corrected chi connectivity index (χ3v) is 4.99. The maximum absolute atomic E-state index is 9.14. The summed E-state index contributed by atoms with van der Waals surface area (Å²) in [6, 6.07) is 0. The highest BCUT2D eigenvalue weighted by molar-refractivity contribution is 4.89. The molecule has 2 rings (SSSR count). The van der Waals surface area contributed by atoms with Crippen LogP contribution >= 0.6 is 0 Å². The highest BCUT2D eigenvalue weighted by atomic mass is 16.3. The Hall–Kier alpha value is -0.120. The summed E-state index contributed by atoms with van der Waals surface area (Å²) in [5, 5.41) is 25.3. The molecule has 0 aromatic rings. The molecule has 0 heterocycles. The van der Waals surface area contributed by atoms with E-state index in [0.717, 1.165) is 43.6 Å². The van der Waals surface area contributed by atoms with E-state index >= 15 is 0 Å². The van der Waals surface area contributed by atoms with E-state index in [9.17, 15) is 0 Å². The van der Waals surface area contributed by atoms with Crippen molar-refractivity contribution in [1.82, 2.24) is 0 Å². The zero-order chi connectivity index (χ0) is 13.4. The summed E-state index contributed by atoms with van der Waals surface area (Å²) in [5.74, 6) is 3.24. The monoisotopic (exact) mass is 258 g/mol. The van der Waals surface area contributed by atoms with E-state index in [2.05, 4.69) is 0 Å². The molecule has 0 saturated heterocycles. The molecule has 2 aliphatic rings. The minimum Gasteiger partial charge on any atom is -0.400 e. The third kappa shape index (κ3) is 3.94. The zero-order valence-corrected chi connectivity index (χ0v) is 11.7. The van der Waals surface area contributed by atoms with Crippen LogP contribution in [0.15, 0.2) is 0 Å². The van der Waals surface area contributed by atoms with Gasteiger partial charge in [0.05, 0.1) is 0 Å². The Morgan fingerprint density at radius 3 is 1.44 bits per heavy atom. The molecule has 0 aromatic heterocycles. The molecule has 0 bridgehead atoms. The molecule has 4 atom stereocenters. The van der Waals surface area contributed by atoms with Gasteiger partial charge in [-0.25, -0.2) is 0 Å².